The van der Waals surface area contributed by atoms with E-state index in [2.05, 4.69) is 20.7 Å². The predicted molar refractivity (Wildman–Crippen MR) is 122 cm³/mol. The molecular weight excluding hydrogens is 510 g/mol. The zero-order valence-electron chi connectivity index (χ0n) is 17.6. The molecule has 10 heteroatoms. The number of nitrogens with zero attached hydrogens (tertiary/aromatic N) is 3. The maximum atomic E-state index is 13.5. The van der Waals surface area contributed by atoms with Crippen molar-refractivity contribution in [3.8, 4) is 5.75 Å². The number of alkyl halides is 3. The molecule has 6 nitrogen and oxygen atoms in total. The van der Waals surface area contributed by atoms with Crippen molar-refractivity contribution in [3.63, 3.8) is 0 Å². The van der Waals surface area contributed by atoms with Crippen LogP contribution in [0.2, 0.25) is 0 Å². The first kappa shape index (κ1) is 26.1. The summed E-state index contributed by atoms with van der Waals surface area (Å²) in [6, 6.07) is 5.88. The van der Waals surface area contributed by atoms with Crippen LogP contribution in [0.1, 0.15) is 38.3 Å². The van der Waals surface area contributed by atoms with Crippen molar-refractivity contribution in [2.24, 2.45) is 4.99 Å². The van der Waals surface area contributed by atoms with Crippen LogP contribution in [0.25, 0.3) is 0 Å². The molecule has 0 aliphatic carbocycles. The van der Waals surface area contributed by atoms with Crippen molar-refractivity contribution in [2.45, 2.75) is 52.1 Å². The number of rotatable bonds is 7. The van der Waals surface area contributed by atoms with E-state index in [9.17, 15) is 13.2 Å². The summed E-state index contributed by atoms with van der Waals surface area (Å²) in [4.78, 5) is 4.06. The van der Waals surface area contributed by atoms with Crippen LogP contribution in [0, 0.1) is 0 Å². The fourth-order valence-corrected chi connectivity index (χ4v) is 2.67. The topological polar surface area (TPSA) is 63.5 Å². The van der Waals surface area contributed by atoms with Gasteiger partial charge in [0.25, 0.3) is 0 Å². The number of halogens is 4. The maximum absolute atomic E-state index is 13.5. The molecule has 1 heterocycles. The molecule has 0 fully saturated rings. The zero-order valence-corrected chi connectivity index (χ0v) is 19.9. The molecule has 0 spiro atoms. The molecule has 0 amide bonds. The lowest BCUT2D eigenvalue weighted by Gasteiger charge is -2.23. The van der Waals surface area contributed by atoms with Gasteiger partial charge in [-0.15, -0.1) is 24.0 Å². The van der Waals surface area contributed by atoms with Crippen LogP contribution < -0.4 is 15.4 Å². The third kappa shape index (κ3) is 8.80. The standard InChI is InChI=1S/C20H28F3N5O.HI/c1-19(2,3)29-16-8-7-15(17(13-16)20(21,22)23)14-26-18(24-4)25-9-5-11-28-12-6-10-27-28;/h6-8,10,12-13H,5,9,11,14H2,1-4H3,(H2,24,25,26);1H. The Bertz CT molecular complexity index is 802. The highest BCUT2D eigenvalue weighted by Gasteiger charge is 2.34. The second-order valence-corrected chi connectivity index (χ2v) is 7.51. The average molecular weight is 539 g/mol. The van der Waals surface area contributed by atoms with Crippen molar-refractivity contribution in [1.29, 1.82) is 0 Å². The number of aliphatic imine (C=N–C) groups is 1. The van der Waals surface area contributed by atoms with Gasteiger partial charge in [0.05, 0.1) is 5.56 Å². The average Bonchev–Trinajstić information content (AvgIpc) is 3.13. The van der Waals surface area contributed by atoms with Gasteiger partial charge in [-0.05, 0) is 51.0 Å². The summed E-state index contributed by atoms with van der Waals surface area (Å²) in [6.07, 6.45) is -0.0905. The minimum Gasteiger partial charge on any atom is -0.488 e. The number of ether oxygens (including phenoxy) is 1. The van der Waals surface area contributed by atoms with Gasteiger partial charge in [0.2, 0.25) is 0 Å². The van der Waals surface area contributed by atoms with Gasteiger partial charge < -0.3 is 15.4 Å². The van der Waals surface area contributed by atoms with E-state index in [0.717, 1.165) is 19.0 Å². The minimum absolute atomic E-state index is 0. The summed E-state index contributed by atoms with van der Waals surface area (Å²) in [7, 11) is 1.58. The lowest BCUT2D eigenvalue weighted by molar-refractivity contribution is -0.138. The van der Waals surface area contributed by atoms with Gasteiger partial charge in [-0.1, -0.05) is 6.07 Å². The lowest BCUT2D eigenvalue weighted by atomic mass is 10.1. The molecule has 0 aliphatic heterocycles. The molecule has 30 heavy (non-hydrogen) atoms. The van der Waals surface area contributed by atoms with Gasteiger partial charge in [-0.2, -0.15) is 18.3 Å². The molecule has 2 aromatic rings. The minimum atomic E-state index is -4.48. The number of aryl methyl sites for hydroxylation is 1. The van der Waals surface area contributed by atoms with Gasteiger partial charge in [0, 0.05) is 39.1 Å². The second kappa shape index (κ2) is 11.4. The molecule has 0 unspecified atom stereocenters. The second-order valence-electron chi connectivity index (χ2n) is 7.51. The van der Waals surface area contributed by atoms with E-state index >= 15 is 0 Å². The van der Waals surface area contributed by atoms with Gasteiger partial charge >= 0.3 is 6.18 Å². The molecule has 1 aromatic heterocycles. The van der Waals surface area contributed by atoms with Crippen LogP contribution in [-0.2, 0) is 19.3 Å². The smallest absolute Gasteiger partial charge is 0.416 e. The van der Waals surface area contributed by atoms with Gasteiger partial charge in [0.1, 0.15) is 11.4 Å². The molecule has 2 N–H and O–H groups in total. The predicted octanol–water partition coefficient (Wildman–Crippen LogP) is 4.45. The lowest BCUT2D eigenvalue weighted by Crippen LogP contribution is -2.38. The highest BCUT2D eigenvalue weighted by molar-refractivity contribution is 14.0. The Balaban J connectivity index is 0.00000450. The Morgan fingerprint density at radius 3 is 2.50 bits per heavy atom. The van der Waals surface area contributed by atoms with E-state index < -0.39 is 17.3 Å². The molecule has 2 rings (SSSR count). The first-order chi connectivity index (χ1) is 13.6. The third-order valence-corrected chi connectivity index (χ3v) is 3.90. The number of nitrogens with one attached hydrogen (secondary N) is 2. The summed E-state index contributed by atoms with van der Waals surface area (Å²) >= 11 is 0. The van der Waals surface area contributed by atoms with Crippen LogP contribution in [0.3, 0.4) is 0 Å². The number of aromatic nitrogens is 2. The van der Waals surface area contributed by atoms with E-state index in [4.69, 9.17) is 4.74 Å². The van der Waals surface area contributed by atoms with Crippen molar-refractivity contribution in [2.75, 3.05) is 13.6 Å². The Labute approximate surface area is 192 Å². The van der Waals surface area contributed by atoms with E-state index in [0.29, 0.717) is 12.5 Å². The van der Waals surface area contributed by atoms with Crippen molar-refractivity contribution in [3.05, 3.63) is 47.8 Å². The Kier molecular flexibility index (Phi) is 9.92. The number of guanidine groups is 1. The van der Waals surface area contributed by atoms with E-state index in [1.165, 1.54) is 6.07 Å². The molecule has 1 aromatic carbocycles. The Morgan fingerprint density at radius 2 is 1.93 bits per heavy atom. The maximum Gasteiger partial charge on any atom is 0.416 e. The first-order valence-electron chi connectivity index (χ1n) is 9.39. The van der Waals surface area contributed by atoms with Crippen LogP contribution in [0.15, 0.2) is 41.7 Å². The molecule has 0 saturated carbocycles. The summed E-state index contributed by atoms with van der Waals surface area (Å²) in [5, 5.41) is 10.1. The molecule has 0 atom stereocenters. The zero-order chi connectivity index (χ0) is 21.5. The van der Waals surface area contributed by atoms with E-state index in [1.807, 2.05) is 16.9 Å². The van der Waals surface area contributed by atoms with E-state index in [1.54, 1.807) is 40.1 Å². The van der Waals surface area contributed by atoms with Crippen molar-refractivity contribution >= 4 is 29.9 Å². The number of hydrogen-bond acceptors (Lipinski definition) is 3. The monoisotopic (exact) mass is 539 g/mol. The van der Waals surface area contributed by atoms with Crippen molar-refractivity contribution in [1.82, 2.24) is 20.4 Å². The largest absolute Gasteiger partial charge is 0.488 e. The van der Waals surface area contributed by atoms with Crippen LogP contribution >= 0.6 is 24.0 Å². The SMILES string of the molecule is CN=C(NCCCn1cccn1)NCc1ccc(OC(C)(C)C)cc1C(F)(F)F.I. The summed E-state index contributed by atoms with van der Waals surface area (Å²) in [6.45, 7) is 6.71. The molecule has 0 bridgehead atoms. The molecule has 0 aliphatic rings. The van der Waals surface area contributed by atoms with E-state index in [-0.39, 0.29) is 41.8 Å². The number of benzene rings is 1. The van der Waals surface area contributed by atoms with Crippen molar-refractivity contribution < 1.29 is 17.9 Å². The molecule has 0 radical (unpaired) electrons. The first-order valence-corrected chi connectivity index (χ1v) is 9.39. The van der Waals surface area contributed by atoms with Crippen LogP contribution in [-0.4, -0.2) is 34.9 Å². The Morgan fingerprint density at radius 1 is 1.20 bits per heavy atom. The molecular formula is C20H29F3IN5O. The Hall–Kier alpha value is -1.98. The summed E-state index contributed by atoms with van der Waals surface area (Å²) in [5.74, 6) is 0.628. The fraction of sp³-hybridized carbons (Fsp3) is 0.500. The number of hydrogen-bond donors (Lipinski definition) is 2. The normalized spacial score (nSPS) is 12.3. The highest BCUT2D eigenvalue weighted by Crippen LogP contribution is 2.35. The van der Waals surface area contributed by atoms with Gasteiger partial charge in [-0.25, -0.2) is 0 Å². The van der Waals surface area contributed by atoms with Crippen LogP contribution in [0.4, 0.5) is 13.2 Å². The van der Waals surface area contributed by atoms with Gasteiger partial charge in [0.15, 0.2) is 5.96 Å². The molecule has 0 saturated heterocycles. The summed E-state index contributed by atoms with van der Waals surface area (Å²) < 4.78 is 47.9. The van der Waals surface area contributed by atoms with Crippen LogP contribution in [0.5, 0.6) is 5.75 Å². The third-order valence-electron chi connectivity index (χ3n) is 3.90. The quantitative estimate of drug-likeness (QED) is 0.236. The fourth-order valence-electron chi connectivity index (χ4n) is 2.67. The highest BCUT2D eigenvalue weighted by atomic mass is 127. The summed E-state index contributed by atoms with van der Waals surface area (Å²) in [5.41, 5.74) is -1.18. The molecule has 168 valence electrons. The van der Waals surface area contributed by atoms with Gasteiger partial charge in [-0.3, -0.25) is 9.67 Å².